The number of rotatable bonds is 6. The maximum atomic E-state index is 12.9. The lowest BCUT2D eigenvalue weighted by Gasteiger charge is -2.23. The number of ketones is 1. The summed E-state index contributed by atoms with van der Waals surface area (Å²) in [6.07, 6.45) is -0.942. The van der Waals surface area contributed by atoms with Gasteiger partial charge in [-0.2, -0.15) is 0 Å². The summed E-state index contributed by atoms with van der Waals surface area (Å²) in [4.78, 5) is 23.6. The van der Waals surface area contributed by atoms with Crippen molar-refractivity contribution in [1.29, 1.82) is 0 Å². The molecule has 2 aromatic carbocycles. The van der Waals surface area contributed by atoms with Gasteiger partial charge in [0.2, 0.25) is 0 Å². The van der Waals surface area contributed by atoms with Gasteiger partial charge in [-0.1, -0.05) is 12.1 Å². The number of nitrogens with zero attached hydrogens (tertiary/aromatic N) is 2. The van der Waals surface area contributed by atoms with Crippen molar-refractivity contribution in [3.63, 3.8) is 0 Å². The van der Waals surface area contributed by atoms with E-state index < -0.39 is 16.8 Å². The third kappa shape index (κ3) is 3.94. The zero-order valence-electron chi connectivity index (χ0n) is 13.3. The molecule has 0 fully saturated rings. The standard InChI is InChI=1S/C17H17FN2O4/c1-11(21)13-5-8-15(16(9-13)20(23)24)19(2)10-17(22)12-3-6-14(18)7-4-12/h3-9,17,22H,10H2,1-2H3/t17-/m1/s1. The first-order chi connectivity index (χ1) is 11.3. The topological polar surface area (TPSA) is 83.7 Å². The number of hydrogen-bond acceptors (Lipinski definition) is 5. The third-order valence-corrected chi connectivity index (χ3v) is 3.69. The predicted octanol–water partition coefficient (Wildman–Crippen LogP) is 3.11. The molecule has 0 aliphatic heterocycles. The van der Waals surface area contributed by atoms with Gasteiger partial charge >= 0.3 is 0 Å². The van der Waals surface area contributed by atoms with Crippen molar-refractivity contribution in [3.05, 3.63) is 69.5 Å². The maximum absolute atomic E-state index is 12.9. The van der Waals surface area contributed by atoms with Crippen LogP contribution < -0.4 is 4.90 Å². The summed E-state index contributed by atoms with van der Waals surface area (Å²) in [5, 5.41) is 21.5. The van der Waals surface area contributed by atoms with Crippen LogP contribution in [-0.4, -0.2) is 29.4 Å². The van der Waals surface area contributed by atoms with Crippen LogP contribution in [0.2, 0.25) is 0 Å². The van der Waals surface area contributed by atoms with E-state index >= 15 is 0 Å². The molecule has 1 N–H and O–H groups in total. The quantitative estimate of drug-likeness (QED) is 0.499. The number of hydrogen-bond donors (Lipinski definition) is 1. The third-order valence-electron chi connectivity index (χ3n) is 3.69. The Morgan fingerprint density at radius 1 is 1.29 bits per heavy atom. The monoisotopic (exact) mass is 332 g/mol. The molecule has 0 aliphatic carbocycles. The minimum Gasteiger partial charge on any atom is -0.387 e. The smallest absolute Gasteiger partial charge is 0.293 e. The molecule has 2 rings (SSSR count). The van der Waals surface area contributed by atoms with Gasteiger partial charge in [0.05, 0.1) is 11.0 Å². The minimum absolute atomic E-state index is 0.0753. The molecule has 0 radical (unpaired) electrons. The molecule has 0 saturated carbocycles. The Bertz CT molecular complexity index is 762. The lowest BCUT2D eigenvalue weighted by atomic mass is 10.1. The molecule has 6 nitrogen and oxygen atoms in total. The van der Waals surface area contributed by atoms with Crippen LogP contribution in [0.3, 0.4) is 0 Å². The molecular weight excluding hydrogens is 315 g/mol. The number of carbonyl (C=O) groups is 1. The second kappa shape index (κ2) is 7.18. The number of anilines is 1. The maximum Gasteiger partial charge on any atom is 0.293 e. The van der Waals surface area contributed by atoms with Crippen molar-refractivity contribution in [1.82, 2.24) is 0 Å². The Morgan fingerprint density at radius 2 is 1.92 bits per heavy atom. The van der Waals surface area contributed by atoms with Gasteiger partial charge in [0, 0.05) is 25.2 Å². The lowest BCUT2D eigenvalue weighted by molar-refractivity contribution is -0.384. The number of aliphatic hydroxyl groups excluding tert-OH is 1. The molecule has 0 amide bonds. The lowest BCUT2D eigenvalue weighted by Crippen LogP contribution is -2.25. The number of Topliss-reactive ketones (excluding diaryl/α,β-unsaturated/α-hetero) is 1. The van der Waals surface area contributed by atoms with Crippen molar-refractivity contribution in [2.24, 2.45) is 0 Å². The molecule has 0 spiro atoms. The van der Waals surface area contributed by atoms with E-state index in [1.807, 2.05) is 0 Å². The summed E-state index contributed by atoms with van der Waals surface area (Å²) >= 11 is 0. The number of likely N-dealkylation sites (N-methyl/N-ethyl adjacent to an activating group) is 1. The van der Waals surface area contributed by atoms with Gasteiger partial charge in [0.1, 0.15) is 11.5 Å². The van der Waals surface area contributed by atoms with E-state index in [-0.39, 0.29) is 29.3 Å². The Hall–Kier alpha value is -2.80. The molecule has 0 saturated heterocycles. The van der Waals surface area contributed by atoms with Crippen LogP contribution in [0.5, 0.6) is 0 Å². The number of benzene rings is 2. The minimum atomic E-state index is -0.942. The highest BCUT2D eigenvalue weighted by atomic mass is 19.1. The zero-order chi connectivity index (χ0) is 17.9. The molecule has 0 bridgehead atoms. The molecule has 2 aromatic rings. The summed E-state index contributed by atoms with van der Waals surface area (Å²) in [6.45, 7) is 1.41. The normalized spacial score (nSPS) is 11.8. The van der Waals surface area contributed by atoms with Crippen LogP contribution in [-0.2, 0) is 0 Å². The van der Waals surface area contributed by atoms with E-state index in [9.17, 15) is 24.4 Å². The van der Waals surface area contributed by atoms with Crippen LogP contribution in [0.1, 0.15) is 28.9 Å². The first-order valence-corrected chi connectivity index (χ1v) is 7.23. The zero-order valence-corrected chi connectivity index (χ0v) is 13.3. The van der Waals surface area contributed by atoms with Gasteiger partial charge in [0.25, 0.3) is 5.69 Å². The van der Waals surface area contributed by atoms with E-state index in [2.05, 4.69) is 0 Å². The van der Waals surface area contributed by atoms with Crippen molar-refractivity contribution >= 4 is 17.2 Å². The van der Waals surface area contributed by atoms with Crippen LogP contribution in [0.25, 0.3) is 0 Å². The molecule has 0 aliphatic rings. The molecule has 0 aromatic heterocycles. The summed E-state index contributed by atoms with van der Waals surface area (Å²) in [5.74, 6) is -0.673. The first kappa shape index (κ1) is 17.6. The Labute approximate surface area is 138 Å². The van der Waals surface area contributed by atoms with Crippen molar-refractivity contribution < 1.29 is 19.2 Å². The van der Waals surface area contributed by atoms with Crippen molar-refractivity contribution in [2.75, 3.05) is 18.5 Å². The Kier molecular flexibility index (Phi) is 5.25. The fraction of sp³-hybridized carbons (Fsp3) is 0.235. The molecule has 0 unspecified atom stereocenters. The summed E-state index contributed by atoms with van der Waals surface area (Å²) in [6, 6.07) is 9.60. The number of halogens is 1. The highest BCUT2D eigenvalue weighted by Crippen LogP contribution is 2.30. The number of carbonyl (C=O) groups excluding carboxylic acids is 1. The molecule has 1 atom stereocenters. The summed E-state index contributed by atoms with van der Waals surface area (Å²) in [5.41, 5.74) is 0.826. The van der Waals surface area contributed by atoms with Crippen LogP contribution >= 0.6 is 0 Å². The average molecular weight is 332 g/mol. The predicted molar refractivity (Wildman–Crippen MR) is 87.7 cm³/mol. The van der Waals surface area contributed by atoms with Gasteiger partial charge in [-0.15, -0.1) is 0 Å². The van der Waals surface area contributed by atoms with Crippen molar-refractivity contribution in [3.8, 4) is 0 Å². The van der Waals surface area contributed by atoms with Gasteiger partial charge < -0.3 is 10.0 Å². The summed E-state index contributed by atoms with van der Waals surface area (Å²) in [7, 11) is 1.60. The molecular formula is C17H17FN2O4. The van der Waals surface area contributed by atoms with E-state index in [4.69, 9.17) is 0 Å². The molecule has 24 heavy (non-hydrogen) atoms. The van der Waals surface area contributed by atoms with Gasteiger partial charge in [-0.3, -0.25) is 14.9 Å². The van der Waals surface area contributed by atoms with E-state index in [1.165, 1.54) is 54.3 Å². The second-order valence-corrected chi connectivity index (χ2v) is 5.46. The fourth-order valence-corrected chi connectivity index (χ4v) is 2.36. The first-order valence-electron chi connectivity index (χ1n) is 7.23. The highest BCUT2D eigenvalue weighted by molar-refractivity contribution is 5.95. The Balaban J connectivity index is 2.25. The van der Waals surface area contributed by atoms with Crippen LogP contribution in [0.4, 0.5) is 15.8 Å². The van der Waals surface area contributed by atoms with E-state index in [0.29, 0.717) is 5.56 Å². The highest BCUT2D eigenvalue weighted by Gasteiger charge is 2.21. The number of nitro groups is 1. The largest absolute Gasteiger partial charge is 0.387 e. The SMILES string of the molecule is CC(=O)c1ccc(N(C)C[C@@H](O)c2ccc(F)cc2)c([N+](=O)[O-])c1. The van der Waals surface area contributed by atoms with E-state index in [0.717, 1.165) is 0 Å². The van der Waals surface area contributed by atoms with Gasteiger partial charge in [-0.05, 0) is 36.8 Å². The van der Waals surface area contributed by atoms with Gasteiger partial charge in [0.15, 0.2) is 5.78 Å². The average Bonchev–Trinajstić information content (AvgIpc) is 2.54. The number of aliphatic hydroxyl groups is 1. The van der Waals surface area contributed by atoms with Crippen molar-refractivity contribution in [2.45, 2.75) is 13.0 Å². The molecule has 126 valence electrons. The van der Waals surface area contributed by atoms with E-state index in [1.54, 1.807) is 7.05 Å². The van der Waals surface area contributed by atoms with Gasteiger partial charge in [-0.25, -0.2) is 4.39 Å². The second-order valence-electron chi connectivity index (χ2n) is 5.46. The fourth-order valence-electron chi connectivity index (χ4n) is 2.36. The Morgan fingerprint density at radius 3 is 2.46 bits per heavy atom. The van der Waals surface area contributed by atoms with Crippen LogP contribution in [0, 0.1) is 15.9 Å². The number of nitro benzene ring substituents is 1. The summed E-state index contributed by atoms with van der Waals surface area (Å²) < 4.78 is 12.9. The van der Waals surface area contributed by atoms with Crippen LogP contribution in [0.15, 0.2) is 42.5 Å². The molecule has 7 heteroatoms. The molecule has 0 heterocycles.